The van der Waals surface area contributed by atoms with Gasteiger partial charge in [0.1, 0.15) is 5.82 Å². The van der Waals surface area contributed by atoms with E-state index < -0.39 is 0 Å². The van der Waals surface area contributed by atoms with Crippen LogP contribution in [0.3, 0.4) is 0 Å². The van der Waals surface area contributed by atoms with Gasteiger partial charge in [-0.05, 0) is 79.3 Å². The molecule has 0 N–H and O–H groups in total. The Morgan fingerprint density at radius 2 is 1.53 bits per heavy atom. The van der Waals surface area contributed by atoms with Gasteiger partial charge in [-0.2, -0.15) is 0 Å². The normalized spacial score (nSPS) is 18.6. The lowest BCUT2D eigenvalue weighted by atomic mass is 9.80. The van der Waals surface area contributed by atoms with Crippen LogP contribution in [0, 0.1) is 29.5 Å². The van der Waals surface area contributed by atoms with E-state index in [9.17, 15) is 4.39 Å². The van der Waals surface area contributed by atoms with Crippen LogP contribution in [-0.2, 0) is 6.42 Å². The predicted molar refractivity (Wildman–Crippen MR) is 127 cm³/mol. The first-order valence-corrected chi connectivity index (χ1v) is 12.1. The van der Waals surface area contributed by atoms with Gasteiger partial charge in [-0.15, -0.1) is 0 Å². The Hall–Kier alpha value is -2.07. The largest absolute Gasteiger partial charge is 0.207 e. The van der Waals surface area contributed by atoms with Crippen molar-refractivity contribution in [3.05, 3.63) is 59.4 Å². The fraction of sp³-hybridized carbons (Fsp3) is 0.517. The van der Waals surface area contributed by atoms with Gasteiger partial charge < -0.3 is 0 Å². The summed E-state index contributed by atoms with van der Waals surface area (Å²) in [6.45, 7) is 4.41. The monoisotopic (exact) mass is 404 g/mol. The molecule has 0 unspecified atom stereocenters. The highest BCUT2D eigenvalue weighted by Gasteiger charge is 2.19. The summed E-state index contributed by atoms with van der Waals surface area (Å²) in [5, 5.41) is 0. The molecule has 0 saturated heterocycles. The Bertz CT molecular complexity index is 829. The van der Waals surface area contributed by atoms with Crippen LogP contribution in [0.2, 0.25) is 0 Å². The molecule has 1 aliphatic rings. The highest BCUT2D eigenvalue weighted by Crippen LogP contribution is 2.31. The average Bonchev–Trinajstić information content (AvgIpc) is 2.78. The second kappa shape index (κ2) is 11.9. The first-order valence-electron chi connectivity index (χ1n) is 12.1. The van der Waals surface area contributed by atoms with Crippen LogP contribution in [0.4, 0.5) is 4.39 Å². The van der Waals surface area contributed by atoms with Crippen LogP contribution < -0.4 is 0 Å². The lowest BCUT2D eigenvalue weighted by molar-refractivity contribution is 0.294. The highest BCUT2D eigenvalue weighted by atomic mass is 19.1. The van der Waals surface area contributed by atoms with Gasteiger partial charge in [0.2, 0.25) is 0 Å². The number of halogens is 1. The van der Waals surface area contributed by atoms with Crippen LogP contribution in [0.15, 0.2) is 42.5 Å². The van der Waals surface area contributed by atoms with Crippen molar-refractivity contribution in [1.29, 1.82) is 0 Å². The Labute approximate surface area is 183 Å². The summed E-state index contributed by atoms with van der Waals surface area (Å²) in [6.07, 6.45) is 13.7. The summed E-state index contributed by atoms with van der Waals surface area (Å²) >= 11 is 0. The molecule has 0 aliphatic heterocycles. The van der Waals surface area contributed by atoms with Crippen molar-refractivity contribution in [3.8, 4) is 23.0 Å². The summed E-state index contributed by atoms with van der Waals surface area (Å²) in [7, 11) is 0. The van der Waals surface area contributed by atoms with Crippen LogP contribution in [0.1, 0.15) is 89.2 Å². The molecule has 0 bridgehead atoms. The smallest absolute Gasteiger partial charge is 0.127 e. The summed E-state index contributed by atoms with van der Waals surface area (Å²) in [6, 6.07) is 13.9. The van der Waals surface area contributed by atoms with Gasteiger partial charge in [-0.25, -0.2) is 4.39 Å². The minimum Gasteiger partial charge on any atom is -0.207 e. The summed E-state index contributed by atoms with van der Waals surface area (Å²) in [4.78, 5) is 0. The van der Waals surface area contributed by atoms with Crippen LogP contribution in [-0.4, -0.2) is 0 Å². The van der Waals surface area contributed by atoms with Crippen molar-refractivity contribution in [2.24, 2.45) is 11.8 Å². The van der Waals surface area contributed by atoms with E-state index in [2.05, 4.69) is 50.0 Å². The van der Waals surface area contributed by atoms with Crippen LogP contribution >= 0.6 is 0 Å². The molecular formula is C29H37F. The van der Waals surface area contributed by atoms with E-state index in [-0.39, 0.29) is 5.82 Å². The van der Waals surface area contributed by atoms with Gasteiger partial charge in [0.05, 0.1) is 0 Å². The van der Waals surface area contributed by atoms with Crippen LogP contribution in [0.25, 0.3) is 11.1 Å². The molecule has 2 aromatic carbocycles. The van der Waals surface area contributed by atoms with Gasteiger partial charge in [0.15, 0.2) is 0 Å². The zero-order chi connectivity index (χ0) is 21.2. The van der Waals surface area contributed by atoms with E-state index in [0.717, 1.165) is 47.4 Å². The summed E-state index contributed by atoms with van der Waals surface area (Å²) in [5.74, 6) is 8.29. The van der Waals surface area contributed by atoms with Crippen molar-refractivity contribution in [1.82, 2.24) is 0 Å². The lowest BCUT2D eigenvalue weighted by Crippen LogP contribution is -2.13. The molecule has 1 saturated carbocycles. The average molecular weight is 405 g/mol. The molecule has 0 radical (unpaired) electrons. The van der Waals surface area contributed by atoms with E-state index in [1.54, 1.807) is 6.07 Å². The van der Waals surface area contributed by atoms with Crippen molar-refractivity contribution >= 4 is 0 Å². The Morgan fingerprint density at radius 1 is 0.833 bits per heavy atom. The fourth-order valence-corrected chi connectivity index (χ4v) is 4.51. The minimum absolute atomic E-state index is 0.0879. The van der Waals surface area contributed by atoms with Crippen molar-refractivity contribution in [3.63, 3.8) is 0 Å². The number of hydrogen-bond donors (Lipinski definition) is 0. The first-order chi connectivity index (χ1) is 14.7. The van der Waals surface area contributed by atoms with Crippen molar-refractivity contribution < 1.29 is 4.39 Å². The SMILES string of the molecule is CCCCC[C@H]1CC[C@H](C#Cc2ccc(-c3ccc(CCCC)c(F)c3)cc2)CC1. The van der Waals surface area contributed by atoms with Gasteiger partial charge in [-0.1, -0.05) is 82.1 Å². The Balaban J connectivity index is 1.54. The topological polar surface area (TPSA) is 0 Å². The molecule has 160 valence electrons. The number of benzene rings is 2. The molecule has 0 atom stereocenters. The van der Waals surface area contributed by atoms with Gasteiger partial charge in [0, 0.05) is 11.5 Å². The molecule has 1 heteroatoms. The second-order valence-corrected chi connectivity index (χ2v) is 8.97. The maximum atomic E-state index is 14.4. The third kappa shape index (κ3) is 6.73. The zero-order valence-corrected chi connectivity index (χ0v) is 18.9. The fourth-order valence-electron chi connectivity index (χ4n) is 4.51. The van der Waals surface area contributed by atoms with Crippen molar-refractivity contribution in [2.75, 3.05) is 0 Å². The Morgan fingerprint density at radius 3 is 2.20 bits per heavy atom. The molecule has 1 fully saturated rings. The first kappa shape index (κ1) is 22.6. The third-order valence-electron chi connectivity index (χ3n) is 6.55. The van der Waals surface area contributed by atoms with E-state index >= 15 is 0 Å². The highest BCUT2D eigenvalue weighted by molar-refractivity contribution is 5.65. The summed E-state index contributed by atoms with van der Waals surface area (Å²) < 4.78 is 14.4. The zero-order valence-electron chi connectivity index (χ0n) is 18.9. The minimum atomic E-state index is -0.0879. The molecule has 3 rings (SSSR count). The maximum Gasteiger partial charge on any atom is 0.127 e. The number of hydrogen-bond acceptors (Lipinski definition) is 0. The summed E-state index contributed by atoms with van der Waals surface area (Å²) in [5.41, 5.74) is 3.87. The molecule has 0 nitrogen and oxygen atoms in total. The molecule has 0 spiro atoms. The van der Waals surface area contributed by atoms with Crippen LogP contribution in [0.5, 0.6) is 0 Å². The molecule has 0 amide bonds. The Kier molecular flexibility index (Phi) is 9.00. The number of unbranched alkanes of at least 4 members (excludes halogenated alkanes) is 3. The standard InChI is InChI=1S/C29H37F/c1-3-5-7-8-23-10-12-24(13-11-23)14-15-25-16-18-26(19-17-25)28-21-20-27(9-6-4-2)29(30)22-28/h16-24H,3-13H2,1-2H3/t23-,24-. The molecule has 2 aromatic rings. The van der Waals surface area contributed by atoms with Gasteiger partial charge in [0.25, 0.3) is 0 Å². The maximum absolute atomic E-state index is 14.4. The van der Waals surface area contributed by atoms with E-state index in [1.807, 2.05) is 12.1 Å². The number of rotatable bonds is 8. The quantitative estimate of drug-likeness (QED) is 0.305. The number of aryl methyl sites for hydroxylation is 1. The second-order valence-electron chi connectivity index (χ2n) is 8.97. The molecular weight excluding hydrogens is 367 g/mol. The molecule has 30 heavy (non-hydrogen) atoms. The molecule has 0 aromatic heterocycles. The lowest BCUT2D eigenvalue weighted by Gasteiger charge is -2.25. The van der Waals surface area contributed by atoms with E-state index in [1.165, 1.54) is 51.4 Å². The van der Waals surface area contributed by atoms with Gasteiger partial charge in [-0.3, -0.25) is 0 Å². The van der Waals surface area contributed by atoms with Crippen molar-refractivity contribution in [2.45, 2.75) is 84.5 Å². The molecule has 1 aliphatic carbocycles. The van der Waals surface area contributed by atoms with E-state index in [0.29, 0.717) is 5.92 Å². The van der Waals surface area contributed by atoms with Gasteiger partial charge >= 0.3 is 0 Å². The molecule has 0 heterocycles. The third-order valence-corrected chi connectivity index (χ3v) is 6.55. The van der Waals surface area contributed by atoms with E-state index in [4.69, 9.17) is 0 Å². The predicted octanol–water partition coefficient (Wildman–Crippen LogP) is 8.57.